The third-order valence-electron chi connectivity index (χ3n) is 6.12. The van der Waals surface area contributed by atoms with Crippen molar-refractivity contribution >= 4 is 29.2 Å². The molecule has 0 bridgehead atoms. The summed E-state index contributed by atoms with van der Waals surface area (Å²) in [5.41, 5.74) is 4.06. The van der Waals surface area contributed by atoms with Gasteiger partial charge in [0.1, 0.15) is 5.69 Å². The first-order chi connectivity index (χ1) is 19.2. The van der Waals surface area contributed by atoms with Gasteiger partial charge >= 0.3 is 17.8 Å². The number of benzene rings is 3. The Kier molecular flexibility index (Phi) is 8.24. The Morgan fingerprint density at radius 2 is 1.50 bits per heavy atom. The van der Waals surface area contributed by atoms with E-state index in [2.05, 4.69) is 15.8 Å². The van der Waals surface area contributed by atoms with Gasteiger partial charge < -0.3 is 14.8 Å². The normalized spacial score (nSPS) is 11.1. The number of aromatic nitrogens is 2. The Morgan fingerprint density at radius 1 is 0.850 bits per heavy atom. The molecule has 3 aromatic carbocycles. The fourth-order valence-electron chi connectivity index (χ4n) is 3.84. The summed E-state index contributed by atoms with van der Waals surface area (Å²) >= 11 is 0. The quantitative estimate of drug-likeness (QED) is 0.121. The summed E-state index contributed by atoms with van der Waals surface area (Å²) in [4.78, 5) is 50.4. The lowest BCUT2D eigenvalue weighted by molar-refractivity contribution is -0.136. The third-order valence-corrected chi connectivity index (χ3v) is 6.12. The first-order valence-electron chi connectivity index (χ1n) is 12.2. The molecule has 0 spiro atoms. The number of carbonyl (C=O) groups is 3. The van der Waals surface area contributed by atoms with Crippen LogP contribution in [0.25, 0.3) is 5.69 Å². The van der Waals surface area contributed by atoms with Gasteiger partial charge in [-0.2, -0.15) is 5.10 Å². The number of rotatable bonds is 7. The van der Waals surface area contributed by atoms with Gasteiger partial charge in [0, 0.05) is 12.6 Å². The zero-order valence-corrected chi connectivity index (χ0v) is 22.3. The molecule has 1 heterocycles. The average molecular weight is 542 g/mol. The van der Waals surface area contributed by atoms with E-state index in [0.717, 1.165) is 0 Å². The summed E-state index contributed by atoms with van der Waals surface area (Å²) in [6.45, 7) is 3.27. The lowest BCUT2D eigenvalue weighted by Gasteiger charge is -2.11. The number of anilines is 1. The highest BCUT2D eigenvalue weighted by atomic mass is 16.6. The van der Waals surface area contributed by atoms with Crippen LogP contribution >= 0.6 is 0 Å². The molecule has 0 aliphatic heterocycles. The molecule has 2 amide bonds. The summed E-state index contributed by atoms with van der Waals surface area (Å²) in [5.74, 6) is -2.18. The Morgan fingerprint density at radius 3 is 2.15 bits per heavy atom. The van der Waals surface area contributed by atoms with Crippen molar-refractivity contribution in [2.24, 2.45) is 12.1 Å². The number of carbonyl (C=O) groups excluding carboxylic acids is 3. The average Bonchev–Trinajstić information content (AvgIpc) is 3.19. The maximum Gasteiger partial charge on any atom is 0.343 e. The molecule has 11 nitrogen and oxygen atoms in total. The number of esters is 1. The number of hydrogen-bond acceptors (Lipinski definition) is 7. The van der Waals surface area contributed by atoms with Crippen LogP contribution in [-0.4, -0.2) is 40.0 Å². The zero-order valence-electron chi connectivity index (χ0n) is 22.3. The van der Waals surface area contributed by atoms with Crippen molar-refractivity contribution < 1.29 is 23.9 Å². The van der Waals surface area contributed by atoms with Crippen molar-refractivity contribution in [3.05, 3.63) is 106 Å². The number of ether oxygens (including phenoxy) is 2. The monoisotopic (exact) mass is 541 g/mol. The number of nitrogens with zero attached hydrogens (tertiary/aromatic N) is 3. The predicted molar refractivity (Wildman–Crippen MR) is 149 cm³/mol. The summed E-state index contributed by atoms with van der Waals surface area (Å²) in [5, 5.41) is 6.38. The van der Waals surface area contributed by atoms with Gasteiger partial charge in [0.2, 0.25) is 0 Å². The maximum atomic E-state index is 13.0. The smallest absolute Gasteiger partial charge is 0.343 e. The van der Waals surface area contributed by atoms with E-state index in [1.54, 1.807) is 98.4 Å². The van der Waals surface area contributed by atoms with E-state index in [-0.39, 0.29) is 17.2 Å². The molecule has 4 aromatic rings. The van der Waals surface area contributed by atoms with Gasteiger partial charge in [-0.3, -0.25) is 19.1 Å². The van der Waals surface area contributed by atoms with E-state index in [0.29, 0.717) is 28.2 Å². The highest BCUT2D eigenvalue weighted by molar-refractivity contribution is 6.39. The van der Waals surface area contributed by atoms with Crippen LogP contribution in [0, 0.1) is 6.92 Å². The lowest BCUT2D eigenvalue weighted by Crippen LogP contribution is -2.34. The Labute approximate surface area is 229 Å². The second kappa shape index (κ2) is 11.9. The number of methoxy groups -OCH3 is 1. The van der Waals surface area contributed by atoms with Crippen LogP contribution in [0.5, 0.6) is 11.5 Å². The Balaban J connectivity index is 1.45. The van der Waals surface area contributed by atoms with Crippen molar-refractivity contribution in [1.82, 2.24) is 14.8 Å². The molecule has 0 unspecified atom stereocenters. The maximum absolute atomic E-state index is 13.0. The van der Waals surface area contributed by atoms with Gasteiger partial charge in [0.15, 0.2) is 11.5 Å². The van der Waals surface area contributed by atoms with Crippen LogP contribution < -0.4 is 25.8 Å². The summed E-state index contributed by atoms with van der Waals surface area (Å²) in [7, 11) is 3.10. The van der Waals surface area contributed by atoms with E-state index in [1.165, 1.54) is 11.8 Å². The largest absolute Gasteiger partial charge is 0.493 e. The first kappa shape index (κ1) is 27.6. The van der Waals surface area contributed by atoms with Crippen molar-refractivity contribution in [2.75, 3.05) is 12.4 Å². The number of para-hydroxylation sites is 1. The Bertz CT molecular complexity index is 1660. The van der Waals surface area contributed by atoms with Gasteiger partial charge in [0.05, 0.1) is 29.8 Å². The van der Waals surface area contributed by atoms with Gasteiger partial charge in [-0.1, -0.05) is 36.4 Å². The highest BCUT2D eigenvalue weighted by Crippen LogP contribution is 2.29. The summed E-state index contributed by atoms with van der Waals surface area (Å²) in [6.07, 6.45) is 0. The molecule has 0 aliphatic rings. The number of hydrazone groups is 1. The van der Waals surface area contributed by atoms with Gasteiger partial charge in [-0.05, 0) is 56.3 Å². The van der Waals surface area contributed by atoms with Crippen LogP contribution in [0.1, 0.15) is 28.5 Å². The molecule has 40 heavy (non-hydrogen) atoms. The minimum Gasteiger partial charge on any atom is -0.493 e. The fraction of sp³-hybridized carbons (Fsp3) is 0.138. The SMILES string of the molecule is COc1cc(/C(C)=N/NC(=O)C(=O)Nc2c(C)n(C)n(-c3ccccc3)c2=O)ccc1OC(=O)c1ccccc1. The zero-order chi connectivity index (χ0) is 28.8. The minimum absolute atomic E-state index is 0.0161. The van der Waals surface area contributed by atoms with Crippen LogP contribution in [0.15, 0.2) is 88.8 Å². The number of nitrogens with one attached hydrogen (secondary N) is 2. The molecule has 0 atom stereocenters. The first-order valence-corrected chi connectivity index (χ1v) is 12.2. The van der Waals surface area contributed by atoms with Gasteiger partial charge in [-0.25, -0.2) is 14.9 Å². The molecular weight excluding hydrogens is 514 g/mol. The van der Waals surface area contributed by atoms with E-state index in [9.17, 15) is 19.2 Å². The van der Waals surface area contributed by atoms with Crippen molar-refractivity contribution in [3.8, 4) is 17.2 Å². The van der Waals surface area contributed by atoms with Gasteiger partial charge in [0.25, 0.3) is 5.56 Å². The van der Waals surface area contributed by atoms with Crippen molar-refractivity contribution in [1.29, 1.82) is 0 Å². The highest BCUT2D eigenvalue weighted by Gasteiger charge is 2.22. The molecule has 2 N–H and O–H groups in total. The summed E-state index contributed by atoms with van der Waals surface area (Å²) in [6, 6.07) is 22.2. The predicted octanol–water partition coefficient (Wildman–Crippen LogP) is 3.19. The Hall–Kier alpha value is -5.45. The molecular formula is C29H27N5O6. The fourth-order valence-corrected chi connectivity index (χ4v) is 3.84. The van der Waals surface area contributed by atoms with Crippen LogP contribution in [-0.2, 0) is 16.6 Å². The molecule has 0 aliphatic carbocycles. The van der Waals surface area contributed by atoms with E-state index in [4.69, 9.17) is 9.47 Å². The molecule has 4 rings (SSSR count). The van der Waals surface area contributed by atoms with E-state index >= 15 is 0 Å². The molecule has 204 valence electrons. The lowest BCUT2D eigenvalue weighted by atomic mass is 10.1. The molecule has 0 saturated heterocycles. The van der Waals surface area contributed by atoms with E-state index in [1.807, 2.05) is 6.07 Å². The third kappa shape index (κ3) is 5.83. The number of amides is 2. The summed E-state index contributed by atoms with van der Waals surface area (Å²) < 4.78 is 13.8. The molecule has 11 heteroatoms. The molecule has 1 aromatic heterocycles. The van der Waals surface area contributed by atoms with Crippen molar-refractivity contribution in [2.45, 2.75) is 13.8 Å². The standard InChI is InChI=1S/C29H27N5O6/c1-18(21-15-16-23(24(17-21)39-4)40-29(38)20-11-7-5-8-12-20)31-32-27(36)26(35)30-25-19(2)33(3)34(28(25)37)22-13-9-6-10-14-22/h5-17H,1-4H3,(H,30,35)(H,32,36)/b31-18+. The van der Waals surface area contributed by atoms with Gasteiger partial charge in [-0.15, -0.1) is 0 Å². The van der Waals surface area contributed by atoms with Crippen LogP contribution in [0.3, 0.4) is 0 Å². The minimum atomic E-state index is -1.06. The second-order valence-electron chi connectivity index (χ2n) is 8.65. The van der Waals surface area contributed by atoms with Crippen molar-refractivity contribution in [3.63, 3.8) is 0 Å². The second-order valence-corrected chi connectivity index (χ2v) is 8.65. The van der Waals surface area contributed by atoms with E-state index < -0.39 is 23.3 Å². The van der Waals surface area contributed by atoms with Crippen LogP contribution in [0.2, 0.25) is 0 Å². The molecule has 0 fully saturated rings. The molecule has 0 saturated carbocycles. The molecule has 0 radical (unpaired) electrons. The topological polar surface area (TPSA) is 133 Å². The van der Waals surface area contributed by atoms with Crippen LogP contribution in [0.4, 0.5) is 5.69 Å². The number of hydrogen-bond donors (Lipinski definition) is 2.